The number of amidine groups is 1. The summed E-state index contributed by atoms with van der Waals surface area (Å²) in [4.78, 5) is 20.6. The molecule has 4 aromatic rings. The number of aryl methyl sites for hydroxylation is 1. The number of aliphatic imine (C=N–C) groups is 1. The topological polar surface area (TPSA) is 51.1 Å². The summed E-state index contributed by atoms with van der Waals surface area (Å²) in [5, 5.41) is 0.654. The third-order valence-electron chi connectivity index (χ3n) is 6.01. The van der Waals surface area contributed by atoms with Gasteiger partial charge < -0.3 is 9.47 Å². The van der Waals surface area contributed by atoms with E-state index >= 15 is 0 Å². The largest absolute Gasteiger partial charge is 0.493 e. The number of rotatable bonds is 8. The van der Waals surface area contributed by atoms with Crippen molar-refractivity contribution in [3.05, 3.63) is 130 Å². The highest BCUT2D eigenvalue weighted by atomic mass is 32.2. The van der Waals surface area contributed by atoms with Gasteiger partial charge in [0.05, 0.1) is 24.2 Å². The van der Waals surface area contributed by atoms with E-state index in [1.165, 1.54) is 17.3 Å². The summed E-state index contributed by atoms with van der Waals surface area (Å²) in [7, 11) is 1.62. The van der Waals surface area contributed by atoms with Crippen molar-refractivity contribution in [3.8, 4) is 11.5 Å². The molecule has 0 saturated carbocycles. The fourth-order valence-electron chi connectivity index (χ4n) is 4.12. The van der Waals surface area contributed by atoms with Gasteiger partial charge in [0.1, 0.15) is 6.61 Å². The first-order valence-electron chi connectivity index (χ1n) is 12.3. The molecule has 38 heavy (non-hydrogen) atoms. The monoisotopic (exact) mass is 520 g/mol. The number of ether oxygens (including phenoxy) is 2. The van der Waals surface area contributed by atoms with E-state index in [2.05, 4.69) is 19.1 Å². The molecule has 4 aromatic carbocycles. The number of carbonyl (C=O) groups is 1. The Morgan fingerprint density at radius 2 is 1.58 bits per heavy atom. The molecular weight excluding hydrogens is 492 g/mol. The zero-order valence-corrected chi connectivity index (χ0v) is 22.2. The lowest BCUT2D eigenvalue weighted by Crippen LogP contribution is -2.28. The number of methoxy groups -OCH3 is 1. The molecule has 0 unspecified atom stereocenters. The second kappa shape index (κ2) is 11.8. The van der Waals surface area contributed by atoms with Gasteiger partial charge in [-0.15, -0.1) is 0 Å². The number of amides is 1. The quantitative estimate of drug-likeness (QED) is 0.227. The average molecular weight is 521 g/mol. The zero-order valence-electron chi connectivity index (χ0n) is 21.3. The highest BCUT2D eigenvalue weighted by molar-refractivity contribution is 8.18. The van der Waals surface area contributed by atoms with Gasteiger partial charge >= 0.3 is 0 Å². The van der Waals surface area contributed by atoms with Crippen LogP contribution in [0.5, 0.6) is 11.5 Å². The number of para-hydroxylation sites is 1. The molecule has 5 nitrogen and oxygen atoms in total. The van der Waals surface area contributed by atoms with Crippen LogP contribution in [0.25, 0.3) is 6.08 Å². The van der Waals surface area contributed by atoms with Crippen molar-refractivity contribution < 1.29 is 14.3 Å². The van der Waals surface area contributed by atoms with Crippen LogP contribution in [0.15, 0.2) is 113 Å². The Morgan fingerprint density at radius 3 is 2.32 bits per heavy atom. The molecule has 5 rings (SSSR count). The molecule has 0 bridgehead atoms. The maximum Gasteiger partial charge on any atom is 0.267 e. The second-order valence-electron chi connectivity index (χ2n) is 8.91. The van der Waals surface area contributed by atoms with Gasteiger partial charge in [0, 0.05) is 0 Å². The van der Waals surface area contributed by atoms with Crippen LogP contribution in [0, 0.1) is 6.92 Å². The minimum Gasteiger partial charge on any atom is -0.493 e. The maximum atomic E-state index is 13.5. The molecule has 190 valence electrons. The van der Waals surface area contributed by atoms with E-state index in [1.54, 1.807) is 12.0 Å². The number of hydrogen-bond acceptors (Lipinski definition) is 5. The molecule has 0 N–H and O–H groups in total. The Bertz CT molecular complexity index is 1480. The predicted molar refractivity (Wildman–Crippen MR) is 155 cm³/mol. The van der Waals surface area contributed by atoms with Gasteiger partial charge in [-0.2, -0.15) is 0 Å². The van der Waals surface area contributed by atoms with Crippen molar-refractivity contribution in [2.45, 2.75) is 20.1 Å². The third-order valence-corrected chi connectivity index (χ3v) is 7.02. The molecule has 1 saturated heterocycles. The van der Waals surface area contributed by atoms with Crippen molar-refractivity contribution in [1.82, 2.24) is 4.90 Å². The lowest BCUT2D eigenvalue weighted by molar-refractivity contribution is -0.122. The molecule has 1 fully saturated rings. The molecule has 0 atom stereocenters. The fourth-order valence-corrected chi connectivity index (χ4v) is 5.12. The minimum absolute atomic E-state index is 0.0766. The highest BCUT2D eigenvalue weighted by Gasteiger charge is 2.33. The van der Waals surface area contributed by atoms with Gasteiger partial charge in [0.2, 0.25) is 0 Å². The van der Waals surface area contributed by atoms with Crippen LogP contribution in [0.3, 0.4) is 0 Å². The first-order valence-corrected chi connectivity index (χ1v) is 13.2. The normalized spacial score (nSPS) is 15.3. The Hall–Kier alpha value is -4.29. The van der Waals surface area contributed by atoms with Crippen LogP contribution in [0.1, 0.15) is 22.3 Å². The standard InChI is InChI=1S/C32H28N2O3S/c1-23-10-9-13-26(18-23)22-37-28-17-16-25(19-29(28)36-2)20-30-31(35)34(21-24-11-5-3-6-12-24)32(38-30)33-27-14-7-4-8-15-27/h3-20H,21-22H2,1-2H3. The number of nitrogens with zero attached hydrogens (tertiary/aromatic N) is 2. The summed E-state index contributed by atoms with van der Waals surface area (Å²) in [6, 6.07) is 33.6. The Morgan fingerprint density at radius 1 is 0.842 bits per heavy atom. The van der Waals surface area contributed by atoms with E-state index in [4.69, 9.17) is 14.5 Å². The number of hydrogen-bond donors (Lipinski definition) is 0. The van der Waals surface area contributed by atoms with Crippen LogP contribution < -0.4 is 9.47 Å². The van der Waals surface area contributed by atoms with E-state index in [1.807, 2.05) is 97.1 Å². The smallest absolute Gasteiger partial charge is 0.267 e. The first kappa shape index (κ1) is 25.4. The highest BCUT2D eigenvalue weighted by Crippen LogP contribution is 2.37. The summed E-state index contributed by atoms with van der Waals surface area (Å²) >= 11 is 1.38. The average Bonchev–Trinajstić information content (AvgIpc) is 3.22. The van der Waals surface area contributed by atoms with Gasteiger partial charge in [-0.3, -0.25) is 9.69 Å². The van der Waals surface area contributed by atoms with E-state index in [-0.39, 0.29) is 5.91 Å². The van der Waals surface area contributed by atoms with Crippen molar-refractivity contribution in [2.24, 2.45) is 4.99 Å². The molecule has 0 radical (unpaired) electrons. The van der Waals surface area contributed by atoms with Crippen LogP contribution in [-0.2, 0) is 17.9 Å². The second-order valence-corrected chi connectivity index (χ2v) is 9.91. The van der Waals surface area contributed by atoms with Gasteiger partial charge in [-0.05, 0) is 65.7 Å². The van der Waals surface area contributed by atoms with E-state index in [0.29, 0.717) is 34.7 Å². The third kappa shape index (κ3) is 6.15. The maximum absolute atomic E-state index is 13.5. The lowest BCUT2D eigenvalue weighted by Gasteiger charge is -2.15. The van der Waals surface area contributed by atoms with Crippen molar-refractivity contribution in [3.63, 3.8) is 0 Å². The molecule has 0 aromatic heterocycles. The summed E-state index contributed by atoms with van der Waals surface area (Å²) in [5.74, 6) is 1.19. The fraction of sp³-hybridized carbons (Fsp3) is 0.125. The van der Waals surface area contributed by atoms with Crippen LogP contribution in [-0.4, -0.2) is 23.1 Å². The molecule has 1 amide bonds. The molecule has 0 spiro atoms. The minimum atomic E-state index is -0.0766. The van der Waals surface area contributed by atoms with Gasteiger partial charge in [-0.1, -0.05) is 84.4 Å². The molecule has 1 heterocycles. The van der Waals surface area contributed by atoms with Gasteiger partial charge in [0.25, 0.3) is 5.91 Å². The number of thioether (sulfide) groups is 1. The summed E-state index contributed by atoms with van der Waals surface area (Å²) < 4.78 is 11.6. The van der Waals surface area contributed by atoms with Crippen LogP contribution in [0.4, 0.5) is 5.69 Å². The molecule has 6 heteroatoms. The molecule has 1 aliphatic rings. The molecular formula is C32H28N2O3S. The SMILES string of the molecule is COc1cc(C=C2SC(=Nc3ccccc3)N(Cc3ccccc3)C2=O)ccc1OCc1cccc(C)c1. The Balaban J connectivity index is 1.40. The van der Waals surface area contributed by atoms with Gasteiger partial charge in [0.15, 0.2) is 16.7 Å². The molecule has 1 aliphatic heterocycles. The Labute approximate surface area is 227 Å². The van der Waals surface area contributed by atoms with Crippen LogP contribution in [0.2, 0.25) is 0 Å². The van der Waals surface area contributed by atoms with Crippen molar-refractivity contribution >= 4 is 34.6 Å². The zero-order chi connectivity index (χ0) is 26.3. The van der Waals surface area contributed by atoms with Crippen molar-refractivity contribution in [1.29, 1.82) is 0 Å². The van der Waals surface area contributed by atoms with Crippen LogP contribution >= 0.6 is 11.8 Å². The lowest BCUT2D eigenvalue weighted by atomic mass is 10.1. The summed E-state index contributed by atoms with van der Waals surface area (Å²) in [6.07, 6.45) is 1.88. The van der Waals surface area contributed by atoms with Gasteiger partial charge in [-0.25, -0.2) is 4.99 Å². The Kier molecular flexibility index (Phi) is 7.90. The number of carbonyl (C=O) groups excluding carboxylic acids is 1. The first-order chi connectivity index (χ1) is 18.6. The van der Waals surface area contributed by atoms with E-state index in [9.17, 15) is 4.79 Å². The van der Waals surface area contributed by atoms with Crippen molar-refractivity contribution in [2.75, 3.05) is 7.11 Å². The summed E-state index contributed by atoms with van der Waals surface area (Å²) in [5.41, 5.74) is 4.98. The molecule has 0 aliphatic carbocycles. The van der Waals surface area contributed by atoms with E-state index in [0.717, 1.165) is 22.4 Å². The van der Waals surface area contributed by atoms with E-state index < -0.39 is 0 Å². The predicted octanol–water partition coefficient (Wildman–Crippen LogP) is 7.39. The summed E-state index contributed by atoms with van der Waals surface area (Å²) in [6.45, 7) is 2.96. The number of benzene rings is 4.